The van der Waals surface area contributed by atoms with E-state index in [-0.39, 0.29) is 24.0 Å². The van der Waals surface area contributed by atoms with Gasteiger partial charge in [-0.15, -0.1) is 24.0 Å². The molecule has 2 aromatic rings. The highest BCUT2D eigenvalue weighted by Crippen LogP contribution is 2.18. The topological polar surface area (TPSA) is 66.7 Å². The lowest BCUT2D eigenvalue weighted by Gasteiger charge is -2.32. The van der Waals surface area contributed by atoms with Gasteiger partial charge in [-0.2, -0.15) is 5.10 Å². The third kappa shape index (κ3) is 6.42. The highest BCUT2D eigenvalue weighted by atomic mass is 127. The molecule has 1 atom stereocenters. The minimum Gasteiger partial charge on any atom is -0.379 e. The summed E-state index contributed by atoms with van der Waals surface area (Å²) in [6.45, 7) is 14.4. The number of hydrogen-bond donors (Lipinski definition) is 2. The van der Waals surface area contributed by atoms with E-state index in [4.69, 9.17) is 14.8 Å². The summed E-state index contributed by atoms with van der Waals surface area (Å²) in [7, 11) is 0. The van der Waals surface area contributed by atoms with Crippen molar-refractivity contribution < 1.29 is 4.74 Å². The molecule has 0 amide bonds. The highest BCUT2D eigenvalue weighted by Gasteiger charge is 2.17. The van der Waals surface area contributed by atoms with Crippen LogP contribution in [-0.2, 0) is 11.3 Å². The van der Waals surface area contributed by atoms with E-state index in [0.717, 1.165) is 62.4 Å². The van der Waals surface area contributed by atoms with E-state index in [9.17, 15) is 0 Å². The number of benzene rings is 1. The summed E-state index contributed by atoms with van der Waals surface area (Å²) < 4.78 is 7.45. The lowest BCUT2D eigenvalue weighted by atomic mass is 10.2. The first-order valence-electron chi connectivity index (χ1n) is 10.5. The maximum absolute atomic E-state index is 5.45. The standard InChI is InChI=1S/C22H34N6O.HI/c1-5-23-22(24-15-17(2)27-11-13-29-14-12-27)25-16-21-18(3)26-28(19(21)4)20-9-7-6-8-10-20;/h6-10,17H,5,11-16H2,1-4H3,(H2,23,24,25);1H. The monoisotopic (exact) mass is 526 g/mol. The molecule has 1 aromatic carbocycles. The predicted octanol–water partition coefficient (Wildman–Crippen LogP) is 2.88. The van der Waals surface area contributed by atoms with Crippen LogP contribution in [0.1, 0.15) is 30.8 Å². The van der Waals surface area contributed by atoms with Gasteiger partial charge in [-0.1, -0.05) is 18.2 Å². The van der Waals surface area contributed by atoms with Gasteiger partial charge in [0, 0.05) is 43.5 Å². The van der Waals surface area contributed by atoms with E-state index in [1.807, 2.05) is 22.9 Å². The second-order valence-electron chi connectivity index (χ2n) is 7.47. The molecule has 30 heavy (non-hydrogen) atoms. The molecule has 0 spiro atoms. The van der Waals surface area contributed by atoms with E-state index in [1.165, 1.54) is 5.56 Å². The zero-order valence-corrected chi connectivity index (χ0v) is 20.8. The number of ether oxygens (including phenoxy) is 1. The summed E-state index contributed by atoms with van der Waals surface area (Å²) >= 11 is 0. The number of para-hydroxylation sites is 1. The van der Waals surface area contributed by atoms with E-state index < -0.39 is 0 Å². The minimum absolute atomic E-state index is 0. The molecule has 1 aromatic heterocycles. The Morgan fingerprint density at radius 1 is 1.17 bits per heavy atom. The Balaban J connectivity index is 0.00000320. The third-order valence-electron chi connectivity index (χ3n) is 5.42. The fourth-order valence-corrected chi connectivity index (χ4v) is 3.62. The summed E-state index contributed by atoms with van der Waals surface area (Å²) in [6.07, 6.45) is 0. The van der Waals surface area contributed by atoms with Crippen molar-refractivity contribution in [3.05, 3.63) is 47.3 Å². The Morgan fingerprint density at radius 2 is 1.87 bits per heavy atom. The molecule has 0 radical (unpaired) electrons. The maximum atomic E-state index is 5.45. The zero-order chi connectivity index (χ0) is 20.6. The van der Waals surface area contributed by atoms with Gasteiger partial charge in [0.2, 0.25) is 0 Å². The summed E-state index contributed by atoms with van der Waals surface area (Å²) in [6, 6.07) is 10.7. The van der Waals surface area contributed by atoms with Crippen molar-refractivity contribution in [3.8, 4) is 5.69 Å². The number of hydrogen-bond acceptors (Lipinski definition) is 4. The van der Waals surface area contributed by atoms with Crippen LogP contribution in [0, 0.1) is 13.8 Å². The normalized spacial score (nSPS) is 16.1. The highest BCUT2D eigenvalue weighted by molar-refractivity contribution is 14.0. The second kappa shape index (κ2) is 12.3. The zero-order valence-electron chi connectivity index (χ0n) is 18.5. The first kappa shape index (κ1) is 24.6. The number of morpholine rings is 1. The molecule has 0 aliphatic carbocycles. The summed E-state index contributed by atoms with van der Waals surface area (Å²) in [5, 5.41) is 11.6. The minimum atomic E-state index is 0. The fourth-order valence-electron chi connectivity index (χ4n) is 3.62. The van der Waals surface area contributed by atoms with Gasteiger partial charge in [0.05, 0.1) is 31.1 Å². The van der Waals surface area contributed by atoms with Gasteiger partial charge < -0.3 is 15.4 Å². The molecule has 3 rings (SSSR count). The maximum Gasteiger partial charge on any atom is 0.191 e. The van der Waals surface area contributed by atoms with Crippen LogP contribution in [0.25, 0.3) is 5.69 Å². The van der Waals surface area contributed by atoms with Crippen LogP contribution in [0.5, 0.6) is 0 Å². The number of nitrogens with zero attached hydrogens (tertiary/aromatic N) is 4. The van der Waals surface area contributed by atoms with Gasteiger partial charge >= 0.3 is 0 Å². The molecule has 8 heteroatoms. The fraction of sp³-hybridized carbons (Fsp3) is 0.545. The lowest BCUT2D eigenvalue weighted by molar-refractivity contribution is 0.0211. The molecule has 7 nitrogen and oxygen atoms in total. The molecule has 1 aliphatic rings. The molecule has 0 bridgehead atoms. The van der Waals surface area contributed by atoms with Crippen molar-refractivity contribution in [3.63, 3.8) is 0 Å². The Morgan fingerprint density at radius 3 is 2.53 bits per heavy atom. The molecular weight excluding hydrogens is 491 g/mol. The van der Waals surface area contributed by atoms with E-state index in [0.29, 0.717) is 12.6 Å². The van der Waals surface area contributed by atoms with E-state index in [2.05, 4.69) is 55.4 Å². The molecule has 2 heterocycles. The van der Waals surface area contributed by atoms with Crippen LogP contribution in [0.2, 0.25) is 0 Å². The molecule has 1 unspecified atom stereocenters. The van der Waals surface area contributed by atoms with E-state index >= 15 is 0 Å². The summed E-state index contributed by atoms with van der Waals surface area (Å²) in [5.41, 5.74) is 4.41. The second-order valence-corrected chi connectivity index (χ2v) is 7.47. The van der Waals surface area contributed by atoms with Crippen molar-refractivity contribution >= 4 is 29.9 Å². The number of aliphatic imine (C=N–C) groups is 1. The van der Waals surface area contributed by atoms with Crippen molar-refractivity contribution in [2.24, 2.45) is 4.99 Å². The van der Waals surface area contributed by atoms with E-state index in [1.54, 1.807) is 0 Å². The smallest absolute Gasteiger partial charge is 0.191 e. The quantitative estimate of drug-likeness (QED) is 0.330. The Kier molecular flexibility index (Phi) is 10.1. The van der Waals surface area contributed by atoms with Crippen LogP contribution in [0.4, 0.5) is 0 Å². The molecule has 166 valence electrons. The Hall–Kier alpha value is -1.65. The molecular formula is C22H35IN6O. The first-order chi connectivity index (χ1) is 14.1. The molecule has 1 saturated heterocycles. The Bertz CT molecular complexity index is 801. The number of rotatable bonds is 7. The van der Waals surface area contributed by atoms with Gasteiger partial charge in [-0.25, -0.2) is 9.67 Å². The van der Waals surface area contributed by atoms with Crippen LogP contribution >= 0.6 is 24.0 Å². The number of aromatic nitrogens is 2. The molecule has 1 aliphatic heterocycles. The average Bonchev–Trinajstić information content (AvgIpc) is 3.04. The number of nitrogens with one attached hydrogen (secondary N) is 2. The first-order valence-corrected chi connectivity index (χ1v) is 10.5. The Labute approximate surface area is 197 Å². The van der Waals surface area contributed by atoms with Gasteiger partial charge in [0.25, 0.3) is 0 Å². The summed E-state index contributed by atoms with van der Waals surface area (Å²) in [4.78, 5) is 7.28. The van der Waals surface area contributed by atoms with Crippen LogP contribution in [0.3, 0.4) is 0 Å². The third-order valence-corrected chi connectivity index (χ3v) is 5.42. The van der Waals surface area contributed by atoms with Crippen LogP contribution in [0.15, 0.2) is 35.3 Å². The van der Waals surface area contributed by atoms with Crippen LogP contribution in [-0.4, -0.2) is 66.1 Å². The summed E-state index contributed by atoms with van der Waals surface area (Å²) in [5.74, 6) is 0.846. The van der Waals surface area contributed by atoms with Crippen molar-refractivity contribution in [2.45, 2.75) is 40.3 Å². The predicted molar refractivity (Wildman–Crippen MR) is 133 cm³/mol. The number of guanidine groups is 1. The SMILES string of the molecule is CCNC(=NCc1c(C)nn(-c2ccccc2)c1C)NCC(C)N1CCOCC1.I. The number of halogens is 1. The largest absolute Gasteiger partial charge is 0.379 e. The molecule has 1 fully saturated rings. The van der Waals surface area contributed by atoms with Gasteiger partial charge in [0.1, 0.15) is 0 Å². The van der Waals surface area contributed by atoms with Gasteiger partial charge in [-0.3, -0.25) is 4.90 Å². The van der Waals surface area contributed by atoms with Crippen molar-refractivity contribution in [1.29, 1.82) is 0 Å². The van der Waals surface area contributed by atoms with Crippen molar-refractivity contribution in [2.75, 3.05) is 39.4 Å². The average molecular weight is 526 g/mol. The van der Waals surface area contributed by atoms with Gasteiger partial charge in [-0.05, 0) is 39.8 Å². The molecule has 0 saturated carbocycles. The van der Waals surface area contributed by atoms with Crippen molar-refractivity contribution in [1.82, 2.24) is 25.3 Å². The number of aryl methyl sites for hydroxylation is 1. The van der Waals surface area contributed by atoms with Gasteiger partial charge in [0.15, 0.2) is 5.96 Å². The molecule has 2 N–H and O–H groups in total. The lowest BCUT2D eigenvalue weighted by Crippen LogP contribution is -2.49. The van der Waals surface area contributed by atoms with Crippen LogP contribution < -0.4 is 10.6 Å².